The van der Waals surface area contributed by atoms with E-state index in [2.05, 4.69) is 9.99 Å². The fourth-order valence-electron chi connectivity index (χ4n) is 1.34. The molecule has 0 aliphatic carbocycles. The van der Waals surface area contributed by atoms with Crippen LogP contribution in [0.4, 0.5) is 0 Å². The van der Waals surface area contributed by atoms with Crippen LogP contribution < -0.4 is 0 Å². The number of benzene rings is 1. The van der Waals surface area contributed by atoms with Crippen molar-refractivity contribution < 1.29 is 19.2 Å². The van der Waals surface area contributed by atoms with Crippen molar-refractivity contribution in [2.24, 2.45) is 5.16 Å². The van der Waals surface area contributed by atoms with E-state index >= 15 is 0 Å². The summed E-state index contributed by atoms with van der Waals surface area (Å²) in [6, 6.07) is 9.73. The van der Waals surface area contributed by atoms with E-state index in [1.807, 2.05) is 30.3 Å². The molecular formula is C14H17NO4S. The average Bonchev–Trinajstić information content (AvgIpc) is 2.41. The second kappa shape index (κ2) is 9.14. The highest BCUT2D eigenvalue weighted by molar-refractivity contribution is 8.13. The van der Waals surface area contributed by atoms with Crippen molar-refractivity contribution in [3.63, 3.8) is 0 Å². The minimum absolute atomic E-state index is 0.299. The topological polar surface area (TPSA) is 65.0 Å². The van der Waals surface area contributed by atoms with Crippen LogP contribution in [0.2, 0.25) is 0 Å². The zero-order valence-corrected chi connectivity index (χ0v) is 12.3. The molecule has 6 heteroatoms. The molecule has 0 fully saturated rings. The number of oxime groups is 1. The minimum atomic E-state index is -0.462. The molecule has 0 N–H and O–H groups in total. The van der Waals surface area contributed by atoms with Crippen LogP contribution in [0.3, 0.4) is 0 Å². The van der Waals surface area contributed by atoms with Crippen molar-refractivity contribution in [2.75, 3.05) is 12.4 Å². The third-order valence-electron chi connectivity index (χ3n) is 2.13. The first-order valence-electron chi connectivity index (χ1n) is 6.12. The number of hydrogen-bond donors (Lipinski definition) is 0. The number of nitrogens with zero attached hydrogens (tertiary/aromatic N) is 1. The number of carbonyl (C=O) groups is 2. The SMILES string of the molecule is CC(=O)OCCS/C(Cc1ccccc1)=N\OC(C)=O. The van der Waals surface area contributed by atoms with Crippen LogP contribution in [0.1, 0.15) is 19.4 Å². The van der Waals surface area contributed by atoms with Crippen LogP contribution in [-0.4, -0.2) is 29.3 Å². The van der Waals surface area contributed by atoms with Crippen molar-refractivity contribution in [2.45, 2.75) is 20.3 Å². The fraction of sp³-hybridized carbons (Fsp3) is 0.357. The first-order valence-corrected chi connectivity index (χ1v) is 7.11. The summed E-state index contributed by atoms with van der Waals surface area (Å²) >= 11 is 1.40. The number of ether oxygens (including phenoxy) is 1. The third kappa shape index (κ3) is 7.58. The molecule has 5 nitrogen and oxygen atoms in total. The van der Waals surface area contributed by atoms with Crippen molar-refractivity contribution in [3.05, 3.63) is 35.9 Å². The Hall–Kier alpha value is -1.82. The molecule has 0 aliphatic heterocycles. The summed E-state index contributed by atoms with van der Waals surface area (Å²) in [7, 11) is 0. The molecular weight excluding hydrogens is 278 g/mol. The highest BCUT2D eigenvalue weighted by Crippen LogP contribution is 2.11. The van der Waals surface area contributed by atoms with E-state index in [4.69, 9.17) is 4.74 Å². The average molecular weight is 295 g/mol. The first-order chi connectivity index (χ1) is 9.58. The van der Waals surface area contributed by atoms with Crippen LogP contribution in [-0.2, 0) is 25.6 Å². The highest BCUT2D eigenvalue weighted by atomic mass is 32.2. The largest absolute Gasteiger partial charge is 0.465 e. The molecule has 0 aromatic heterocycles. The maximum absolute atomic E-state index is 10.8. The Morgan fingerprint density at radius 2 is 1.85 bits per heavy atom. The summed E-state index contributed by atoms with van der Waals surface area (Å²) < 4.78 is 4.85. The van der Waals surface area contributed by atoms with Crippen molar-refractivity contribution in [1.29, 1.82) is 0 Å². The van der Waals surface area contributed by atoms with E-state index in [1.54, 1.807) is 0 Å². The summed E-state index contributed by atoms with van der Waals surface area (Å²) in [5.41, 5.74) is 1.07. The van der Waals surface area contributed by atoms with Gasteiger partial charge in [0.15, 0.2) is 0 Å². The summed E-state index contributed by atoms with van der Waals surface area (Å²) in [6.45, 7) is 2.96. The second-order valence-corrected chi connectivity index (χ2v) is 5.09. The third-order valence-corrected chi connectivity index (χ3v) is 3.05. The Labute approximate surface area is 122 Å². The molecule has 0 heterocycles. The van der Waals surface area contributed by atoms with Crippen molar-refractivity contribution >= 4 is 28.7 Å². The lowest BCUT2D eigenvalue weighted by Crippen LogP contribution is -2.07. The Kier molecular flexibility index (Phi) is 7.42. The minimum Gasteiger partial charge on any atom is -0.465 e. The van der Waals surface area contributed by atoms with Crippen molar-refractivity contribution in [3.8, 4) is 0 Å². The fourth-order valence-corrected chi connectivity index (χ4v) is 2.10. The number of esters is 1. The Bertz CT molecular complexity index is 473. The van der Waals surface area contributed by atoms with E-state index in [1.165, 1.54) is 25.6 Å². The molecule has 0 atom stereocenters. The molecule has 108 valence electrons. The molecule has 1 aromatic rings. The Morgan fingerprint density at radius 1 is 1.15 bits per heavy atom. The van der Waals surface area contributed by atoms with Gasteiger partial charge in [-0.2, -0.15) is 0 Å². The molecule has 1 aromatic carbocycles. The van der Waals surface area contributed by atoms with Gasteiger partial charge in [-0.15, -0.1) is 11.8 Å². The Balaban J connectivity index is 2.54. The summed E-state index contributed by atoms with van der Waals surface area (Å²) in [6.07, 6.45) is 0.568. The molecule has 0 saturated heterocycles. The van der Waals surface area contributed by atoms with Crippen LogP contribution in [0.15, 0.2) is 35.5 Å². The second-order valence-electron chi connectivity index (χ2n) is 3.92. The number of rotatable bonds is 6. The summed E-state index contributed by atoms with van der Waals surface area (Å²) in [5, 5.41) is 4.49. The van der Waals surface area contributed by atoms with Gasteiger partial charge in [0.05, 0.1) is 0 Å². The number of carbonyl (C=O) groups excluding carboxylic acids is 2. The molecule has 20 heavy (non-hydrogen) atoms. The van der Waals surface area contributed by atoms with Gasteiger partial charge < -0.3 is 9.57 Å². The van der Waals surface area contributed by atoms with Gasteiger partial charge >= 0.3 is 11.9 Å². The summed E-state index contributed by atoms with van der Waals surface area (Å²) in [5.74, 6) is -0.213. The quantitative estimate of drug-likeness (QED) is 0.201. The maximum Gasteiger partial charge on any atom is 0.332 e. The van der Waals surface area contributed by atoms with Crippen LogP contribution >= 0.6 is 11.8 Å². The maximum atomic E-state index is 10.8. The monoisotopic (exact) mass is 295 g/mol. The van der Waals surface area contributed by atoms with E-state index in [0.717, 1.165) is 5.56 Å². The molecule has 0 spiro atoms. The summed E-state index contributed by atoms with van der Waals surface area (Å²) in [4.78, 5) is 26.2. The number of thioether (sulfide) groups is 1. The van der Waals surface area contributed by atoms with Crippen LogP contribution in [0.5, 0.6) is 0 Å². The lowest BCUT2D eigenvalue weighted by molar-refractivity contribution is -0.141. The smallest absolute Gasteiger partial charge is 0.332 e. The molecule has 0 unspecified atom stereocenters. The lowest BCUT2D eigenvalue weighted by atomic mass is 10.2. The van der Waals surface area contributed by atoms with Gasteiger partial charge in [0, 0.05) is 26.0 Å². The Morgan fingerprint density at radius 3 is 2.45 bits per heavy atom. The van der Waals surface area contributed by atoms with Gasteiger partial charge in [-0.05, 0) is 5.56 Å². The normalized spacial score (nSPS) is 11.0. The van der Waals surface area contributed by atoms with E-state index in [0.29, 0.717) is 23.8 Å². The first kappa shape index (κ1) is 16.2. The predicted molar refractivity (Wildman–Crippen MR) is 78.4 cm³/mol. The predicted octanol–water partition coefficient (Wildman–Crippen LogP) is 2.40. The molecule has 0 aliphatic rings. The van der Waals surface area contributed by atoms with Crippen LogP contribution in [0, 0.1) is 0 Å². The van der Waals surface area contributed by atoms with Gasteiger partial charge in [-0.1, -0.05) is 35.5 Å². The highest BCUT2D eigenvalue weighted by Gasteiger charge is 2.05. The van der Waals surface area contributed by atoms with Gasteiger partial charge in [-0.25, -0.2) is 4.79 Å². The van der Waals surface area contributed by atoms with E-state index in [-0.39, 0.29) is 5.97 Å². The van der Waals surface area contributed by atoms with Gasteiger partial charge in [0.25, 0.3) is 0 Å². The van der Waals surface area contributed by atoms with Crippen molar-refractivity contribution in [1.82, 2.24) is 0 Å². The zero-order chi connectivity index (χ0) is 14.8. The van der Waals surface area contributed by atoms with E-state index in [9.17, 15) is 9.59 Å². The zero-order valence-electron chi connectivity index (χ0n) is 11.5. The van der Waals surface area contributed by atoms with E-state index < -0.39 is 5.97 Å². The standard InChI is InChI=1S/C14H17NO4S/c1-11(16)18-8-9-20-14(15-19-12(2)17)10-13-6-4-3-5-7-13/h3-7H,8-10H2,1-2H3/b15-14-. The molecule has 0 saturated carbocycles. The molecule has 0 amide bonds. The van der Waals surface area contributed by atoms with Gasteiger partial charge in [0.1, 0.15) is 11.7 Å². The lowest BCUT2D eigenvalue weighted by Gasteiger charge is -2.06. The van der Waals surface area contributed by atoms with Crippen LogP contribution in [0.25, 0.3) is 0 Å². The van der Waals surface area contributed by atoms with Gasteiger partial charge in [-0.3, -0.25) is 4.79 Å². The van der Waals surface area contributed by atoms with Gasteiger partial charge in [0.2, 0.25) is 0 Å². The molecule has 0 radical (unpaired) electrons. The molecule has 1 rings (SSSR count). The molecule has 0 bridgehead atoms. The number of hydrogen-bond acceptors (Lipinski definition) is 6.